The van der Waals surface area contributed by atoms with Crippen molar-refractivity contribution in [2.24, 2.45) is 5.73 Å². The maximum atomic E-state index is 10.6. The average molecular weight is 244 g/mol. The molecule has 5 N–H and O–H groups in total. The Morgan fingerprint density at radius 1 is 1.33 bits per heavy atom. The number of aromatic nitrogens is 1. The minimum atomic E-state index is -0.277. The normalized spacial score (nSPS) is 10.4. The summed E-state index contributed by atoms with van der Waals surface area (Å²) in [5.74, 6) is -0.277. The Balaban J connectivity index is 2.13. The molecule has 5 heteroatoms. The lowest BCUT2D eigenvalue weighted by Crippen LogP contribution is -2.12. The molecule has 0 aliphatic carbocycles. The molecule has 0 bridgehead atoms. The van der Waals surface area contributed by atoms with Gasteiger partial charge in [0.05, 0.1) is 11.2 Å². The Labute approximate surface area is 105 Å². The standard InChI is InChI=1S/C13H16N4O/c14-10-4-1-3-9-11(6-8-17-13(9)10)16-7-2-5-12(15)18/h1,3-4,6,8H,2,5,7,14H2,(H2,15,18)(H,16,17). The summed E-state index contributed by atoms with van der Waals surface area (Å²) in [6, 6.07) is 7.58. The van der Waals surface area contributed by atoms with Crippen LogP contribution in [0.1, 0.15) is 12.8 Å². The molecule has 2 rings (SSSR count). The van der Waals surface area contributed by atoms with Crippen molar-refractivity contribution in [1.82, 2.24) is 4.98 Å². The molecular formula is C13H16N4O. The van der Waals surface area contributed by atoms with E-state index >= 15 is 0 Å². The lowest BCUT2D eigenvalue weighted by Gasteiger charge is -2.09. The fourth-order valence-corrected chi connectivity index (χ4v) is 1.84. The molecule has 0 aliphatic rings. The zero-order valence-corrected chi connectivity index (χ0v) is 10.0. The summed E-state index contributed by atoms with van der Waals surface area (Å²) < 4.78 is 0. The number of primary amides is 1. The number of nitrogens with two attached hydrogens (primary N) is 2. The number of pyridine rings is 1. The fraction of sp³-hybridized carbons (Fsp3) is 0.231. The minimum Gasteiger partial charge on any atom is -0.397 e. The largest absolute Gasteiger partial charge is 0.397 e. The maximum absolute atomic E-state index is 10.6. The van der Waals surface area contributed by atoms with Gasteiger partial charge in [0.1, 0.15) is 0 Å². The highest BCUT2D eigenvalue weighted by molar-refractivity contribution is 5.97. The van der Waals surface area contributed by atoms with E-state index < -0.39 is 0 Å². The molecule has 94 valence electrons. The second kappa shape index (κ2) is 5.35. The first-order chi connectivity index (χ1) is 8.68. The number of fused-ring (bicyclic) bond motifs is 1. The first kappa shape index (κ1) is 12.2. The van der Waals surface area contributed by atoms with Crippen LogP contribution in [0.15, 0.2) is 30.5 Å². The van der Waals surface area contributed by atoms with Crippen LogP contribution >= 0.6 is 0 Å². The van der Waals surface area contributed by atoms with Crippen LogP contribution in [0.25, 0.3) is 10.9 Å². The zero-order valence-electron chi connectivity index (χ0n) is 10.0. The SMILES string of the molecule is NC(=O)CCCNc1ccnc2c(N)cccc12. The molecule has 1 aromatic heterocycles. The first-order valence-corrected chi connectivity index (χ1v) is 5.84. The van der Waals surface area contributed by atoms with Crippen LogP contribution in [0.2, 0.25) is 0 Å². The summed E-state index contributed by atoms with van der Waals surface area (Å²) in [5, 5.41) is 4.25. The van der Waals surface area contributed by atoms with Crippen molar-refractivity contribution in [2.75, 3.05) is 17.6 Å². The van der Waals surface area contributed by atoms with Gasteiger partial charge in [0.2, 0.25) is 5.91 Å². The number of nitrogens with zero attached hydrogens (tertiary/aromatic N) is 1. The Hall–Kier alpha value is -2.30. The molecule has 2 aromatic rings. The van der Waals surface area contributed by atoms with Gasteiger partial charge in [-0.3, -0.25) is 9.78 Å². The Kier molecular flexibility index (Phi) is 3.62. The predicted molar refractivity (Wildman–Crippen MR) is 73.1 cm³/mol. The Morgan fingerprint density at radius 2 is 2.17 bits per heavy atom. The van der Waals surface area contributed by atoms with E-state index in [1.807, 2.05) is 24.3 Å². The molecule has 0 spiro atoms. The van der Waals surface area contributed by atoms with Gasteiger partial charge in [-0.1, -0.05) is 12.1 Å². The molecule has 0 atom stereocenters. The van der Waals surface area contributed by atoms with Gasteiger partial charge in [0, 0.05) is 30.2 Å². The van der Waals surface area contributed by atoms with Crippen molar-refractivity contribution in [2.45, 2.75) is 12.8 Å². The maximum Gasteiger partial charge on any atom is 0.217 e. The monoisotopic (exact) mass is 244 g/mol. The molecule has 0 fully saturated rings. The number of nitrogen functional groups attached to an aromatic ring is 1. The van der Waals surface area contributed by atoms with E-state index in [1.54, 1.807) is 6.20 Å². The second-order valence-electron chi connectivity index (χ2n) is 4.10. The van der Waals surface area contributed by atoms with Gasteiger partial charge in [-0.05, 0) is 18.6 Å². The molecule has 0 radical (unpaired) electrons. The molecule has 5 nitrogen and oxygen atoms in total. The van der Waals surface area contributed by atoms with Gasteiger partial charge in [0.15, 0.2) is 0 Å². The molecule has 1 amide bonds. The highest BCUT2D eigenvalue weighted by atomic mass is 16.1. The van der Waals surface area contributed by atoms with Crippen molar-refractivity contribution in [3.8, 4) is 0 Å². The van der Waals surface area contributed by atoms with Crippen LogP contribution in [0.4, 0.5) is 11.4 Å². The topological polar surface area (TPSA) is 94.0 Å². The van der Waals surface area contributed by atoms with Crippen LogP contribution in [-0.2, 0) is 4.79 Å². The summed E-state index contributed by atoms with van der Waals surface area (Å²) >= 11 is 0. The van der Waals surface area contributed by atoms with E-state index in [4.69, 9.17) is 11.5 Å². The van der Waals surface area contributed by atoms with Gasteiger partial charge >= 0.3 is 0 Å². The van der Waals surface area contributed by atoms with Crippen molar-refractivity contribution in [3.05, 3.63) is 30.5 Å². The third kappa shape index (κ3) is 2.68. The molecule has 0 saturated carbocycles. The number of carbonyl (C=O) groups is 1. The van der Waals surface area contributed by atoms with Crippen molar-refractivity contribution in [1.29, 1.82) is 0 Å². The molecular weight excluding hydrogens is 228 g/mol. The third-order valence-corrected chi connectivity index (χ3v) is 2.72. The van der Waals surface area contributed by atoms with Crippen molar-refractivity contribution >= 4 is 28.2 Å². The number of hydrogen-bond acceptors (Lipinski definition) is 4. The molecule has 18 heavy (non-hydrogen) atoms. The van der Waals surface area contributed by atoms with Gasteiger partial charge in [-0.25, -0.2) is 0 Å². The molecule has 0 aliphatic heterocycles. The van der Waals surface area contributed by atoms with Crippen LogP contribution in [0.3, 0.4) is 0 Å². The van der Waals surface area contributed by atoms with Gasteiger partial charge < -0.3 is 16.8 Å². The number of hydrogen-bond donors (Lipinski definition) is 3. The minimum absolute atomic E-state index is 0.277. The number of rotatable bonds is 5. The van der Waals surface area contributed by atoms with Crippen molar-refractivity contribution in [3.63, 3.8) is 0 Å². The van der Waals surface area contributed by atoms with Gasteiger partial charge in [0.25, 0.3) is 0 Å². The fourth-order valence-electron chi connectivity index (χ4n) is 1.84. The number of amides is 1. The molecule has 0 saturated heterocycles. The Morgan fingerprint density at radius 3 is 2.94 bits per heavy atom. The highest BCUT2D eigenvalue weighted by Gasteiger charge is 2.03. The van der Waals surface area contributed by atoms with E-state index in [0.717, 1.165) is 16.6 Å². The van der Waals surface area contributed by atoms with Crippen LogP contribution < -0.4 is 16.8 Å². The summed E-state index contributed by atoms with van der Waals surface area (Å²) in [6.07, 6.45) is 2.81. The van der Waals surface area contributed by atoms with Crippen LogP contribution in [-0.4, -0.2) is 17.4 Å². The number of anilines is 2. The predicted octanol–water partition coefficient (Wildman–Crippen LogP) is 1.49. The second-order valence-corrected chi connectivity index (χ2v) is 4.10. The highest BCUT2D eigenvalue weighted by Crippen LogP contribution is 2.25. The average Bonchev–Trinajstić information content (AvgIpc) is 2.35. The number of benzene rings is 1. The summed E-state index contributed by atoms with van der Waals surface area (Å²) in [5.41, 5.74) is 13.4. The van der Waals surface area contributed by atoms with Gasteiger partial charge in [-0.15, -0.1) is 0 Å². The summed E-state index contributed by atoms with van der Waals surface area (Å²) in [4.78, 5) is 14.9. The van der Waals surface area contributed by atoms with E-state index in [1.165, 1.54) is 0 Å². The number of carbonyl (C=O) groups excluding carboxylic acids is 1. The Bertz CT molecular complexity index is 568. The first-order valence-electron chi connectivity index (χ1n) is 5.84. The van der Waals surface area contributed by atoms with E-state index in [0.29, 0.717) is 25.1 Å². The summed E-state index contributed by atoms with van der Waals surface area (Å²) in [6.45, 7) is 0.691. The lowest BCUT2D eigenvalue weighted by atomic mass is 10.1. The molecule has 0 unspecified atom stereocenters. The van der Waals surface area contributed by atoms with Crippen LogP contribution in [0.5, 0.6) is 0 Å². The van der Waals surface area contributed by atoms with Crippen molar-refractivity contribution < 1.29 is 4.79 Å². The third-order valence-electron chi connectivity index (χ3n) is 2.72. The smallest absolute Gasteiger partial charge is 0.217 e. The quantitative estimate of drug-likeness (QED) is 0.548. The zero-order chi connectivity index (χ0) is 13.0. The van der Waals surface area contributed by atoms with Crippen LogP contribution in [0, 0.1) is 0 Å². The van der Waals surface area contributed by atoms with E-state index in [9.17, 15) is 4.79 Å². The lowest BCUT2D eigenvalue weighted by molar-refractivity contribution is -0.118. The number of para-hydroxylation sites is 1. The van der Waals surface area contributed by atoms with Gasteiger partial charge in [-0.2, -0.15) is 0 Å². The summed E-state index contributed by atoms with van der Waals surface area (Å²) in [7, 11) is 0. The van der Waals surface area contributed by atoms with E-state index in [-0.39, 0.29) is 5.91 Å². The van der Waals surface area contributed by atoms with E-state index in [2.05, 4.69) is 10.3 Å². The number of nitrogens with one attached hydrogen (secondary N) is 1. The molecule has 1 heterocycles. The molecule has 1 aromatic carbocycles.